The number of nitriles is 1. The van der Waals surface area contributed by atoms with Crippen molar-refractivity contribution < 1.29 is 0 Å². The molecule has 0 atom stereocenters. The van der Waals surface area contributed by atoms with Gasteiger partial charge in [0.1, 0.15) is 0 Å². The lowest BCUT2D eigenvalue weighted by Crippen LogP contribution is -2.31. The number of hydrogen-bond acceptors (Lipinski definition) is 1. The fraction of sp³-hybridized carbons (Fsp3) is 0.963. The Bertz CT molecular complexity index is 465. The second-order valence-corrected chi connectivity index (χ2v) is 11.2. The second kappa shape index (κ2) is 11.0. The van der Waals surface area contributed by atoms with E-state index in [1.54, 1.807) is 12.8 Å². The van der Waals surface area contributed by atoms with Gasteiger partial charge in [-0.25, -0.2) is 0 Å². The first kappa shape index (κ1) is 22.2. The van der Waals surface area contributed by atoms with Crippen molar-refractivity contribution in [2.75, 3.05) is 0 Å². The van der Waals surface area contributed by atoms with Crippen LogP contribution in [0.4, 0.5) is 0 Å². The van der Waals surface area contributed by atoms with Crippen LogP contribution in [0.15, 0.2) is 0 Å². The van der Waals surface area contributed by atoms with E-state index in [4.69, 9.17) is 0 Å². The molecule has 0 bridgehead atoms. The summed E-state index contributed by atoms with van der Waals surface area (Å²) in [6.07, 6.45) is 25.9. The molecule has 0 saturated heterocycles. The van der Waals surface area contributed by atoms with Gasteiger partial charge in [-0.2, -0.15) is 5.26 Å². The van der Waals surface area contributed by atoms with Gasteiger partial charge in [-0.05, 0) is 101 Å². The molecular formula is C27H47N. The zero-order valence-corrected chi connectivity index (χ0v) is 19.1. The average Bonchev–Trinajstić information content (AvgIpc) is 2.75. The van der Waals surface area contributed by atoms with Crippen molar-refractivity contribution in [3.8, 4) is 6.07 Å². The van der Waals surface area contributed by atoms with E-state index in [-0.39, 0.29) is 5.41 Å². The van der Waals surface area contributed by atoms with Crippen molar-refractivity contribution >= 4 is 0 Å². The van der Waals surface area contributed by atoms with Crippen LogP contribution >= 0.6 is 0 Å². The Kier molecular flexibility index (Phi) is 8.74. The SMILES string of the molecule is CCCCCCC[C@H]1CC[C@H](C2CCC([C@H]3CC[C@](C)(C#N)CC3)CC2)CC1. The summed E-state index contributed by atoms with van der Waals surface area (Å²) in [6.45, 7) is 4.50. The van der Waals surface area contributed by atoms with Crippen molar-refractivity contribution in [3.05, 3.63) is 0 Å². The van der Waals surface area contributed by atoms with Crippen LogP contribution in [0.1, 0.15) is 129 Å². The van der Waals surface area contributed by atoms with Crippen LogP contribution in [-0.2, 0) is 0 Å². The molecule has 0 spiro atoms. The molecule has 0 amide bonds. The molecule has 3 aliphatic carbocycles. The van der Waals surface area contributed by atoms with E-state index in [1.807, 2.05) is 0 Å². The molecule has 0 aromatic rings. The predicted molar refractivity (Wildman–Crippen MR) is 120 cm³/mol. The van der Waals surface area contributed by atoms with Gasteiger partial charge < -0.3 is 0 Å². The van der Waals surface area contributed by atoms with Crippen molar-refractivity contribution in [1.29, 1.82) is 5.26 Å². The molecule has 0 unspecified atom stereocenters. The largest absolute Gasteiger partial charge is 0.198 e. The first-order valence-electron chi connectivity index (χ1n) is 13.0. The zero-order valence-electron chi connectivity index (χ0n) is 19.1. The molecule has 3 saturated carbocycles. The second-order valence-electron chi connectivity index (χ2n) is 11.2. The Labute approximate surface area is 176 Å². The molecular weight excluding hydrogens is 338 g/mol. The van der Waals surface area contributed by atoms with E-state index in [0.717, 1.165) is 42.4 Å². The highest BCUT2D eigenvalue weighted by Gasteiger charge is 2.37. The minimum Gasteiger partial charge on any atom is -0.198 e. The summed E-state index contributed by atoms with van der Waals surface area (Å²) in [6, 6.07) is 2.58. The summed E-state index contributed by atoms with van der Waals surface area (Å²) in [5, 5.41) is 9.38. The molecule has 0 aliphatic heterocycles. The molecule has 1 nitrogen and oxygen atoms in total. The number of rotatable bonds is 8. The Morgan fingerprint density at radius 1 is 0.679 bits per heavy atom. The fourth-order valence-electron chi connectivity index (χ4n) is 6.93. The molecule has 0 radical (unpaired) electrons. The van der Waals surface area contributed by atoms with Gasteiger partial charge in [-0.1, -0.05) is 58.3 Å². The van der Waals surface area contributed by atoms with Crippen molar-refractivity contribution in [1.82, 2.24) is 0 Å². The summed E-state index contributed by atoms with van der Waals surface area (Å²) >= 11 is 0. The summed E-state index contributed by atoms with van der Waals surface area (Å²) < 4.78 is 0. The minimum atomic E-state index is -0.0116. The van der Waals surface area contributed by atoms with E-state index in [1.165, 1.54) is 89.9 Å². The lowest BCUT2D eigenvalue weighted by molar-refractivity contribution is 0.0962. The predicted octanol–water partition coefficient (Wildman–Crippen LogP) is 8.68. The van der Waals surface area contributed by atoms with Crippen LogP contribution in [-0.4, -0.2) is 0 Å². The van der Waals surface area contributed by atoms with Gasteiger partial charge in [0.25, 0.3) is 0 Å². The van der Waals surface area contributed by atoms with Crippen LogP contribution in [0.2, 0.25) is 0 Å². The van der Waals surface area contributed by atoms with Gasteiger partial charge in [0.2, 0.25) is 0 Å². The molecule has 3 aliphatic rings. The van der Waals surface area contributed by atoms with Crippen LogP contribution in [0.25, 0.3) is 0 Å². The maximum Gasteiger partial charge on any atom is 0.0686 e. The highest BCUT2D eigenvalue weighted by Crippen LogP contribution is 2.48. The van der Waals surface area contributed by atoms with Crippen LogP contribution in [0.3, 0.4) is 0 Å². The normalized spacial score (nSPS) is 39.4. The zero-order chi connectivity index (χ0) is 19.8. The van der Waals surface area contributed by atoms with Crippen LogP contribution in [0, 0.1) is 46.3 Å². The topological polar surface area (TPSA) is 23.8 Å². The molecule has 0 aromatic heterocycles. The molecule has 0 N–H and O–H groups in total. The number of unbranched alkanes of at least 4 members (excludes halogenated alkanes) is 4. The summed E-state index contributed by atoms with van der Waals surface area (Å²) in [5.74, 6) is 5.09. The molecule has 0 heterocycles. The Morgan fingerprint density at radius 3 is 1.64 bits per heavy atom. The van der Waals surface area contributed by atoms with E-state index in [9.17, 15) is 5.26 Å². The molecule has 1 heteroatoms. The maximum absolute atomic E-state index is 9.38. The minimum absolute atomic E-state index is 0.0116. The van der Waals surface area contributed by atoms with Gasteiger partial charge in [-0.3, -0.25) is 0 Å². The smallest absolute Gasteiger partial charge is 0.0686 e. The van der Waals surface area contributed by atoms with Crippen molar-refractivity contribution in [2.45, 2.75) is 129 Å². The van der Waals surface area contributed by atoms with Gasteiger partial charge >= 0.3 is 0 Å². The van der Waals surface area contributed by atoms with E-state index >= 15 is 0 Å². The van der Waals surface area contributed by atoms with Gasteiger partial charge in [0.15, 0.2) is 0 Å². The first-order chi connectivity index (χ1) is 13.6. The summed E-state index contributed by atoms with van der Waals surface area (Å²) in [7, 11) is 0. The van der Waals surface area contributed by atoms with Crippen molar-refractivity contribution in [2.24, 2.45) is 35.0 Å². The maximum atomic E-state index is 9.38. The third-order valence-corrected chi connectivity index (χ3v) is 9.16. The Balaban J connectivity index is 1.30. The van der Waals surface area contributed by atoms with Crippen LogP contribution in [0.5, 0.6) is 0 Å². The molecule has 0 aromatic carbocycles. The van der Waals surface area contributed by atoms with Gasteiger partial charge in [0, 0.05) is 0 Å². The monoisotopic (exact) mass is 385 g/mol. The van der Waals surface area contributed by atoms with Crippen molar-refractivity contribution in [3.63, 3.8) is 0 Å². The third-order valence-electron chi connectivity index (χ3n) is 9.16. The lowest BCUT2D eigenvalue weighted by atomic mass is 9.63. The third kappa shape index (κ3) is 6.24. The van der Waals surface area contributed by atoms with Gasteiger partial charge in [0.05, 0.1) is 11.5 Å². The number of nitrogens with zero attached hydrogens (tertiary/aromatic N) is 1. The van der Waals surface area contributed by atoms with Crippen LogP contribution < -0.4 is 0 Å². The number of hydrogen-bond donors (Lipinski definition) is 0. The molecule has 3 fully saturated rings. The Hall–Kier alpha value is -0.510. The molecule has 160 valence electrons. The quantitative estimate of drug-likeness (QED) is 0.383. The van der Waals surface area contributed by atoms with Gasteiger partial charge in [-0.15, -0.1) is 0 Å². The van der Waals surface area contributed by atoms with E-state index in [0.29, 0.717) is 0 Å². The molecule has 3 rings (SSSR count). The molecule has 28 heavy (non-hydrogen) atoms. The standard InChI is InChI=1S/C27H47N/c1-3-4-5-6-7-8-22-9-11-23(12-10-22)24-13-15-25(16-14-24)26-17-19-27(2,21-28)20-18-26/h22-26H,3-20H2,1-2H3/t22-,23-,24?,25?,26-,27-. The fourth-order valence-corrected chi connectivity index (χ4v) is 6.93. The highest BCUT2D eigenvalue weighted by atomic mass is 14.4. The summed E-state index contributed by atoms with van der Waals surface area (Å²) in [5.41, 5.74) is -0.0116. The highest BCUT2D eigenvalue weighted by molar-refractivity contribution is 4.99. The Morgan fingerprint density at radius 2 is 1.14 bits per heavy atom. The van der Waals surface area contributed by atoms with E-state index < -0.39 is 0 Å². The first-order valence-corrected chi connectivity index (χ1v) is 13.0. The average molecular weight is 386 g/mol. The summed E-state index contributed by atoms with van der Waals surface area (Å²) in [4.78, 5) is 0. The lowest BCUT2D eigenvalue weighted by Gasteiger charge is -2.42. The van der Waals surface area contributed by atoms with E-state index in [2.05, 4.69) is 19.9 Å².